The molecule has 0 saturated carbocycles. The molecule has 4 rings (SSSR count). The SMILES string of the molecule is CC(=O)c1c[nH]c(C(=O)Nc2ccc(-n3cnc4ccccc43)cc2)c1. The Morgan fingerprint density at radius 2 is 1.85 bits per heavy atom. The van der Waals surface area contributed by atoms with Gasteiger partial charge in [-0.15, -0.1) is 0 Å². The first-order valence-corrected chi connectivity index (χ1v) is 8.15. The molecular weight excluding hydrogens is 328 g/mol. The number of amides is 1. The Balaban J connectivity index is 1.54. The number of hydrogen-bond acceptors (Lipinski definition) is 3. The number of aromatic amines is 1. The fraction of sp³-hybridized carbons (Fsp3) is 0.0500. The van der Waals surface area contributed by atoms with E-state index in [0.29, 0.717) is 16.9 Å². The van der Waals surface area contributed by atoms with Crippen LogP contribution in [0.3, 0.4) is 0 Å². The molecule has 4 aromatic rings. The number of hydrogen-bond donors (Lipinski definition) is 2. The van der Waals surface area contributed by atoms with Gasteiger partial charge in [-0.3, -0.25) is 14.2 Å². The molecule has 0 radical (unpaired) electrons. The Morgan fingerprint density at radius 3 is 2.58 bits per heavy atom. The second kappa shape index (κ2) is 6.33. The normalized spacial score (nSPS) is 10.8. The lowest BCUT2D eigenvalue weighted by atomic mass is 10.2. The van der Waals surface area contributed by atoms with Crippen LogP contribution in [0.15, 0.2) is 67.1 Å². The van der Waals surface area contributed by atoms with Crippen molar-refractivity contribution in [3.05, 3.63) is 78.4 Å². The second-order valence-corrected chi connectivity index (χ2v) is 5.96. The van der Waals surface area contributed by atoms with Crippen LogP contribution in [0.2, 0.25) is 0 Å². The van der Waals surface area contributed by atoms with Gasteiger partial charge in [0.2, 0.25) is 0 Å². The van der Waals surface area contributed by atoms with Gasteiger partial charge < -0.3 is 10.3 Å². The first-order valence-electron chi connectivity index (χ1n) is 8.15. The number of nitrogens with zero attached hydrogens (tertiary/aromatic N) is 2. The van der Waals surface area contributed by atoms with Crippen LogP contribution >= 0.6 is 0 Å². The highest BCUT2D eigenvalue weighted by atomic mass is 16.2. The first kappa shape index (κ1) is 15.8. The van der Waals surface area contributed by atoms with Crippen molar-refractivity contribution < 1.29 is 9.59 Å². The highest BCUT2D eigenvalue weighted by molar-refractivity contribution is 6.05. The maximum absolute atomic E-state index is 12.3. The number of imidazole rings is 1. The third-order valence-electron chi connectivity index (χ3n) is 4.19. The summed E-state index contributed by atoms with van der Waals surface area (Å²) in [6, 6.07) is 16.9. The second-order valence-electron chi connectivity index (χ2n) is 5.96. The van der Waals surface area contributed by atoms with Crippen LogP contribution in [0.25, 0.3) is 16.7 Å². The molecule has 26 heavy (non-hydrogen) atoms. The number of ketones is 1. The number of rotatable bonds is 4. The zero-order valence-corrected chi connectivity index (χ0v) is 14.1. The molecular formula is C20H16N4O2. The Morgan fingerprint density at radius 1 is 1.08 bits per heavy atom. The number of carbonyl (C=O) groups is 2. The molecule has 0 unspecified atom stereocenters. The van der Waals surface area contributed by atoms with Gasteiger partial charge in [-0.1, -0.05) is 12.1 Å². The molecule has 0 aliphatic carbocycles. The molecule has 2 heterocycles. The number of aromatic nitrogens is 3. The summed E-state index contributed by atoms with van der Waals surface area (Å²) in [6.07, 6.45) is 3.31. The number of Topliss-reactive ketones (excluding diaryl/α,β-unsaturated/α-hetero) is 1. The molecule has 0 fully saturated rings. The summed E-state index contributed by atoms with van der Waals surface area (Å²) in [6.45, 7) is 1.46. The highest BCUT2D eigenvalue weighted by Crippen LogP contribution is 2.20. The minimum Gasteiger partial charge on any atom is -0.356 e. The van der Waals surface area contributed by atoms with Crippen LogP contribution in [-0.2, 0) is 0 Å². The van der Waals surface area contributed by atoms with Crippen molar-refractivity contribution in [2.24, 2.45) is 0 Å². The highest BCUT2D eigenvalue weighted by Gasteiger charge is 2.11. The van der Waals surface area contributed by atoms with Gasteiger partial charge in [0.05, 0.1) is 11.0 Å². The number of para-hydroxylation sites is 2. The molecule has 0 aliphatic rings. The number of carbonyl (C=O) groups excluding carboxylic acids is 2. The van der Waals surface area contributed by atoms with Gasteiger partial charge in [0, 0.05) is 23.1 Å². The number of nitrogens with one attached hydrogen (secondary N) is 2. The van der Waals surface area contributed by atoms with Crippen molar-refractivity contribution in [3.8, 4) is 5.69 Å². The minimum atomic E-state index is -0.293. The lowest BCUT2D eigenvalue weighted by molar-refractivity contribution is 0.101. The summed E-state index contributed by atoms with van der Waals surface area (Å²) < 4.78 is 1.99. The molecule has 0 bridgehead atoms. The molecule has 128 valence electrons. The molecule has 0 aliphatic heterocycles. The van der Waals surface area contributed by atoms with Gasteiger partial charge in [-0.05, 0) is 49.4 Å². The van der Waals surface area contributed by atoms with Gasteiger partial charge in [-0.2, -0.15) is 0 Å². The van der Waals surface area contributed by atoms with E-state index in [-0.39, 0.29) is 11.7 Å². The van der Waals surface area contributed by atoms with Gasteiger partial charge in [0.1, 0.15) is 12.0 Å². The molecule has 1 amide bonds. The van der Waals surface area contributed by atoms with E-state index in [2.05, 4.69) is 15.3 Å². The molecule has 2 aromatic heterocycles. The zero-order chi connectivity index (χ0) is 18.1. The molecule has 6 nitrogen and oxygen atoms in total. The van der Waals surface area contributed by atoms with Crippen LogP contribution in [0.1, 0.15) is 27.8 Å². The minimum absolute atomic E-state index is 0.0859. The maximum atomic E-state index is 12.3. The van der Waals surface area contributed by atoms with Crippen molar-refractivity contribution in [2.45, 2.75) is 6.92 Å². The van der Waals surface area contributed by atoms with Crippen molar-refractivity contribution in [2.75, 3.05) is 5.32 Å². The number of benzene rings is 2. The van der Waals surface area contributed by atoms with E-state index in [1.54, 1.807) is 12.4 Å². The summed E-state index contributed by atoms with van der Waals surface area (Å²) >= 11 is 0. The molecule has 0 atom stereocenters. The standard InChI is InChI=1S/C20H16N4O2/c1-13(25)14-10-18(21-11-14)20(26)23-15-6-8-16(9-7-15)24-12-22-17-4-2-3-5-19(17)24/h2-12,21H,1H3,(H,23,26). The van der Waals surface area contributed by atoms with Crippen LogP contribution in [0.5, 0.6) is 0 Å². The summed E-state index contributed by atoms with van der Waals surface area (Å²) in [7, 11) is 0. The average Bonchev–Trinajstić information content (AvgIpc) is 3.30. The molecule has 2 aromatic carbocycles. The summed E-state index contributed by atoms with van der Waals surface area (Å²) in [4.78, 5) is 30.8. The fourth-order valence-corrected chi connectivity index (χ4v) is 2.80. The van der Waals surface area contributed by atoms with Crippen LogP contribution < -0.4 is 5.32 Å². The topological polar surface area (TPSA) is 79.8 Å². The summed E-state index contributed by atoms with van der Waals surface area (Å²) in [5.74, 6) is -0.379. The number of fused-ring (bicyclic) bond motifs is 1. The number of anilines is 1. The zero-order valence-electron chi connectivity index (χ0n) is 14.1. The van der Waals surface area contributed by atoms with Crippen molar-refractivity contribution >= 4 is 28.4 Å². The van der Waals surface area contributed by atoms with E-state index < -0.39 is 0 Å². The van der Waals surface area contributed by atoms with E-state index in [0.717, 1.165) is 16.7 Å². The van der Waals surface area contributed by atoms with Crippen molar-refractivity contribution in [1.82, 2.24) is 14.5 Å². The quantitative estimate of drug-likeness (QED) is 0.553. The van der Waals surface area contributed by atoms with E-state index in [9.17, 15) is 9.59 Å². The summed E-state index contributed by atoms with van der Waals surface area (Å²) in [5.41, 5.74) is 4.40. The fourth-order valence-electron chi connectivity index (χ4n) is 2.80. The summed E-state index contributed by atoms with van der Waals surface area (Å²) in [5, 5.41) is 2.81. The van der Waals surface area contributed by atoms with E-state index >= 15 is 0 Å². The maximum Gasteiger partial charge on any atom is 0.272 e. The monoisotopic (exact) mass is 344 g/mol. The molecule has 0 saturated heterocycles. The van der Waals surface area contributed by atoms with Crippen LogP contribution in [0, 0.1) is 0 Å². The van der Waals surface area contributed by atoms with Crippen LogP contribution in [-0.4, -0.2) is 26.2 Å². The Bertz CT molecular complexity index is 1110. The Hall–Kier alpha value is -3.67. The molecule has 0 spiro atoms. The number of H-pyrrole nitrogens is 1. The lowest BCUT2D eigenvalue weighted by Crippen LogP contribution is -2.12. The van der Waals surface area contributed by atoms with Gasteiger partial charge in [0.25, 0.3) is 5.91 Å². The molecule has 2 N–H and O–H groups in total. The molecule has 6 heteroatoms. The van der Waals surface area contributed by atoms with Gasteiger partial charge in [0.15, 0.2) is 5.78 Å². The predicted octanol–water partition coefficient (Wildman–Crippen LogP) is 3.81. The average molecular weight is 344 g/mol. The van der Waals surface area contributed by atoms with Gasteiger partial charge >= 0.3 is 0 Å². The van der Waals surface area contributed by atoms with E-state index in [1.807, 2.05) is 53.1 Å². The third kappa shape index (κ3) is 2.88. The Kier molecular flexibility index (Phi) is 3.85. The van der Waals surface area contributed by atoms with E-state index in [4.69, 9.17) is 0 Å². The third-order valence-corrected chi connectivity index (χ3v) is 4.19. The van der Waals surface area contributed by atoms with Gasteiger partial charge in [-0.25, -0.2) is 4.98 Å². The Labute approximate surface area is 149 Å². The van der Waals surface area contributed by atoms with E-state index in [1.165, 1.54) is 13.1 Å². The smallest absolute Gasteiger partial charge is 0.272 e. The van der Waals surface area contributed by atoms with Crippen molar-refractivity contribution in [3.63, 3.8) is 0 Å². The van der Waals surface area contributed by atoms with Crippen LogP contribution in [0.4, 0.5) is 5.69 Å². The largest absolute Gasteiger partial charge is 0.356 e. The lowest BCUT2D eigenvalue weighted by Gasteiger charge is -2.07. The predicted molar refractivity (Wildman–Crippen MR) is 99.8 cm³/mol. The van der Waals surface area contributed by atoms with Crippen molar-refractivity contribution in [1.29, 1.82) is 0 Å². The first-order chi connectivity index (χ1) is 12.6.